The minimum Gasteiger partial charge on any atom is -0.376 e. The van der Waals surface area contributed by atoms with Gasteiger partial charge in [-0.25, -0.2) is 0 Å². The quantitative estimate of drug-likeness (QED) is 0.897. The number of hydrogen-bond donors (Lipinski definition) is 1. The summed E-state index contributed by atoms with van der Waals surface area (Å²) < 4.78 is 5.73. The van der Waals surface area contributed by atoms with Crippen molar-refractivity contribution in [3.8, 4) is 0 Å². The summed E-state index contributed by atoms with van der Waals surface area (Å²) in [6.07, 6.45) is 6.55. The van der Waals surface area contributed by atoms with E-state index in [1.54, 1.807) is 0 Å². The smallest absolute Gasteiger partial charge is 0.0750 e. The maximum Gasteiger partial charge on any atom is 0.0750 e. The fourth-order valence-electron chi connectivity index (χ4n) is 2.48. The summed E-state index contributed by atoms with van der Waals surface area (Å²) in [5.41, 5.74) is 2.59. The molecule has 2 heterocycles. The molecule has 0 aromatic carbocycles. The van der Waals surface area contributed by atoms with Crippen LogP contribution in [0.1, 0.15) is 39.2 Å². The number of pyridine rings is 1. The van der Waals surface area contributed by atoms with Crippen molar-refractivity contribution in [1.82, 2.24) is 10.3 Å². The zero-order valence-electron chi connectivity index (χ0n) is 13.1. The van der Waals surface area contributed by atoms with Crippen LogP contribution in [0.4, 0.5) is 5.69 Å². The van der Waals surface area contributed by atoms with Crippen LogP contribution < -0.4 is 10.2 Å². The van der Waals surface area contributed by atoms with Crippen molar-refractivity contribution in [2.75, 3.05) is 25.1 Å². The van der Waals surface area contributed by atoms with E-state index in [1.165, 1.54) is 24.1 Å². The lowest BCUT2D eigenvalue weighted by atomic mass is 10.1. The molecule has 1 aromatic heterocycles. The van der Waals surface area contributed by atoms with E-state index >= 15 is 0 Å². The third-order valence-corrected chi connectivity index (χ3v) is 3.60. The minimum atomic E-state index is 0.111. The fraction of sp³-hybridized carbons (Fsp3) is 0.688. The second-order valence-electron chi connectivity index (χ2n) is 6.62. The van der Waals surface area contributed by atoms with Gasteiger partial charge in [0.05, 0.1) is 6.10 Å². The average Bonchev–Trinajstić information content (AvgIpc) is 2.88. The van der Waals surface area contributed by atoms with Gasteiger partial charge in [-0.15, -0.1) is 0 Å². The lowest BCUT2D eigenvalue weighted by Crippen LogP contribution is -2.36. The summed E-state index contributed by atoms with van der Waals surface area (Å²) >= 11 is 0. The number of ether oxygens (including phenoxy) is 1. The number of nitrogens with one attached hydrogen (secondary N) is 1. The Kier molecular flexibility index (Phi) is 5.00. The van der Waals surface area contributed by atoms with Gasteiger partial charge in [-0.05, 0) is 39.7 Å². The van der Waals surface area contributed by atoms with E-state index in [9.17, 15) is 0 Å². The Labute approximate surface area is 122 Å². The molecule has 1 unspecified atom stereocenters. The summed E-state index contributed by atoms with van der Waals surface area (Å²) in [7, 11) is 2.14. The van der Waals surface area contributed by atoms with Crippen LogP contribution in [0.15, 0.2) is 18.5 Å². The van der Waals surface area contributed by atoms with Crippen molar-refractivity contribution in [3.05, 3.63) is 24.0 Å². The van der Waals surface area contributed by atoms with Crippen LogP contribution in [0, 0.1) is 0 Å². The molecule has 20 heavy (non-hydrogen) atoms. The average molecular weight is 277 g/mol. The zero-order chi connectivity index (χ0) is 14.6. The van der Waals surface area contributed by atoms with E-state index in [0.29, 0.717) is 6.10 Å². The van der Waals surface area contributed by atoms with Crippen LogP contribution in [0.3, 0.4) is 0 Å². The predicted octanol–water partition coefficient (Wildman–Crippen LogP) is 2.58. The predicted molar refractivity (Wildman–Crippen MR) is 83.1 cm³/mol. The van der Waals surface area contributed by atoms with Crippen LogP contribution in [0.5, 0.6) is 0 Å². The molecule has 0 saturated carbocycles. The van der Waals surface area contributed by atoms with Crippen LogP contribution in [-0.4, -0.2) is 36.8 Å². The Morgan fingerprint density at radius 2 is 2.25 bits per heavy atom. The molecule has 1 fully saturated rings. The van der Waals surface area contributed by atoms with Crippen LogP contribution in [0.25, 0.3) is 0 Å². The van der Waals surface area contributed by atoms with E-state index in [1.807, 2.05) is 12.4 Å². The molecule has 0 amide bonds. The molecule has 1 N–H and O–H groups in total. The third-order valence-electron chi connectivity index (χ3n) is 3.60. The summed E-state index contributed by atoms with van der Waals surface area (Å²) in [6.45, 7) is 9.24. The Morgan fingerprint density at radius 3 is 2.90 bits per heavy atom. The van der Waals surface area contributed by atoms with Crippen LogP contribution in [0.2, 0.25) is 0 Å². The summed E-state index contributed by atoms with van der Waals surface area (Å²) in [6, 6.07) is 2.09. The highest BCUT2D eigenvalue weighted by molar-refractivity contribution is 5.51. The van der Waals surface area contributed by atoms with Gasteiger partial charge in [0, 0.05) is 55.9 Å². The van der Waals surface area contributed by atoms with Crippen molar-refractivity contribution in [2.45, 2.75) is 51.8 Å². The standard InChI is InChI=1S/C16H27N3O/c1-16(2,3)18-11-13-10-17-8-7-15(13)19(4)12-14-6-5-9-20-14/h7-8,10,14,18H,5-6,9,11-12H2,1-4H3. The van der Waals surface area contributed by atoms with Crippen molar-refractivity contribution in [3.63, 3.8) is 0 Å². The summed E-state index contributed by atoms with van der Waals surface area (Å²) in [4.78, 5) is 6.55. The maximum atomic E-state index is 5.73. The first-order valence-electron chi connectivity index (χ1n) is 7.46. The van der Waals surface area contributed by atoms with Gasteiger partial charge in [-0.3, -0.25) is 4.98 Å². The van der Waals surface area contributed by atoms with Crippen molar-refractivity contribution >= 4 is 5.69 Å². The van der Waals surface area contributed by atoms with E-state index < -0.39 is 0 Å². The lowest BCUT2D eigenvalue weighted by molar-refractivity contribution is 0.116. The van der Waals surface area contributed by atoms with Crippen molar-refractivity contribution in [2.24, 2.45) is 0 Å². The van der Waals surface area contributed by atoms with Crippen molar-refractivity contribution < 1.29 is 4.74 Å². The molecule has 1 aliphatic rings. The first-order valence-corrected chi connectivity index (χ1v) is 7.46. The molecule has 0 aliphatic carbocycles. The molecule has 0 spiro atoms. The highest BCUT2D eigenvalue weighted by Crippen LogP contribution is 2.21. The van der Waals surface area contributed by atoms with E-state index in [-0.39, 0.29) is 5.54 Å². The molecule has 1 aromatic rings. The number of anilines is 1. The molecule has 112 valence electrons. The van der Waals surface area contributed by atoms with Gasteiger partial charge in [-0.2, -0.15) is 0 Å². The normalized spacial score (nSPS) is 19.3. The molecule has 1 atom stereocenters. The molecule has 0 radical (unpaired) electrons. The first-order chi connectivity index (χ1) is 9.46. The van der Waals surface area contributed by atoms with Gasteiger partial charge < -0.3 is 15.0 Å². The lowest BCUT2D eigenvalue weighted by Gasteiger charge is -2.27. The number of rotatable bonds is 5. The Morgan fingerprint density at radius 1 is 1.45 bits per heavy atom. The Balaban J connectivity index is 2.02. The van der Waals surface area contributed by atoms with Gasteiger partial charge in [0.1, 0.15) is 0 Å². The number of aromatic nitrogens is 1. The minimum absolute atomic E-state index is 0.111. The summed E-state index contributed by atoms with van der Waals surface area (Å²) in [5.74, 6) is 0. The van der Waals surface area contributed by atoms with Gasteiger partial charge in [0.2, 0.25) is 0 Å². The zero-order valence-corrected chi connectivity index (χ0v) is 13.1. The molecule has 4 nitrogen and oxygen atoms in total. The number of likely N-dealkylation sites (N-methyl/N-ethyl adjacent to an activating group) is 1. The second kappa shape index (κ2) is 6.55. The number of hydrogen-bond acceptors (Lipinski definition) is 4. The Bertz CT molecular complexity index is 422. The van der Waals surface area contributed by atoms with Gasteiger partial charge in [-0.1, -0.05) is 0 Å². The van der Waals surface area contributed by atoms with Crippen LogP contribution >= 0.6 is 0 Å². The van der Waals surface area contributed by atoms with Crippen molar-refractivity contribution in [1.29, 1.82) is 0 Å². The monoisotopic (exact) mass is 277 g/mol. The first kappa shape index (κ1) is 15.3. The van der Waals surface area contributed by atoms with Crippen LogP contribution in [-0.2, 0) is 11.3 Å². The van der Waals surface area contributed by atoms with Gasteiger partial charge in [0.15, 0.2) is 0 Å². The van der Waals surface area contributed by atoms with Gasteiger partial charge in [0.25, 0.3) is 0 Å². The molecule has 1 aliphatic heterocycles. The molecular weight excluding hydrogens is 250 g/mol. The largest absolute Gasteiger partial charge is 0.376 e. The third kappa shape index (κ3) is 4.46. The van der Waals surface area contributed by atoms with Gasteiger partial charge >= 0.3 is 0 Å². The summed E-state index contributed by atoms with van der Waals surface area (Å²) in [5, 5.41) is 3.53. The highest BCUT2D eigenvalue weighted by atomic mass is 16.5. The second-order valence-corrected chi connectivity index (χ2v) is 6.62. The van der Waals surface area contributed by atoms with E-state index in [2.05, 4.69) is 49.1 Å². The SMILES string of the molecule is CN(CC1CCCO1)c1ccncc1CNC(C)(C)C. The molecule has 1 saturated heterocycles. The maximum absolute atomic E-state index is 5.73. The molecular formula is C16H27N3O. The van der Waals surface area contributed by atoms with E-state index in [0.717, 1.165) is 19.7 Å². The van der Waals surface area contributed by atoms with E-state index in [4.69, 9.17) is 4.74 Å². The molecule has 2 rings (SSSR count). The number of nitrogens with zero attached hydrogens (tertiary/aromatic N) is 2. The molecule has 0 bridgehead atoms. The fourth-order valence-corrected chi connectivity index (χ4v) is 2.48. The topological polar surface area (TPSA) is 37.4 Å². The Hall–Kier alpha value is -1.13. The highest BCUT2D eigenvalue weighted by Gasteiger charge is 2.19. The molecule has 4 heteroatoms.